The van der Waals surface area contributed by atoms with Crippen molar-refractivity contribution in [2.45, 2.75) is 26.7 Å². The molecule has 1 aliphatic rings. The molecule has 0 radical (unpaired) electrons. The van der Waals surface area contributed by atoms with Crippen molar-refractivity contribution in [2.75, 3.05) is 0 Å². The van der Waals surface area contributed by atoms with Crippen LogP contribution in [0, 0.1) is 0 Å². The Hall–Kier alpha value is -6.12. The molecule has 0 bridgehead atoms. The van der Waals surface area contributed by atoms with Gasteiger partial charge in [0.15, 0.2) is 0 Å². The fourth-order valence-electron chi connectivity index (χ4n) is 7.78. The molecule has 1 aliphatic carbocycles. The number of aromatic nitrogens is 2. The molecule has 5 aromatic carbocycles. The predicted molar refractivity (Wildman–Crippen MR) is 219 cm³/mol. The van der Waals surface area contributed by atoms with Crippen LogP contribution < -0.4 is 0 Å². The Morgan fingerprint density at radius 3 is 2.02 bits per heavy atom. The van der Waals surface area contributed by atoms with E-state index in [2.05, 4.69) is 182 Å². The molecule has 2 heteroatoms. The van der Waals surface area contributed by atoms with Crippen molar-refractivity contribution in [3.63, 3.8) is 0 Å². The van der Waals surface area contributed by atoms with Crippen LogP contribution in [0.25, 0.3) is 85.1 Å². The van der Waals surface area contributed by atoms with Crippen LogP contribution >= 0.6 is 0 Å². The lowest BCUT2D eigenvalue weighted by atomic mass is 9.94. The standard InChI is InChI=1S/C48H40N2/c1-5-17-39-33(7-3)31-38(32-42(39)36-21-13-10-14-22-36)50-44-24-16-15-23-41(44)48-46(50)30-29-45-47(48)40(18-6-2)43(8-4)49(45)37-27-25-35(26-28-37)34-19-11-9-12-20-34/h5-8,10-11,13-32H,3-4,9,12H2,1-2H3/b17-5-,18-6-. The summed E-state index contributed by atoms with van der Waals surface area (Å²) in [5.41, 5.74) is 15.2. The SMILES string of the molecule is C=Cc1cc(-n2c3ccccc3c3c4c(/C=C\C)c(C=C)n(-c5ccc(C6=CCCC=C6)cc5)c4ccc32)cc(-c2ccccc2)c1/C=C\C. The van der Waals surface area contributed by atoms with Crippen LogP contribution in [-0.2, 0) is 0 Å². The predicted octanol–water partition coefficient (Wildman–Crippen LogP) is 13.5. The van der Waals surface area contributed by atoms with E-state index in [1.54, 1.807) is 0 Å². The molecule has 242 valence electrons. The molecule has 50 heavy (non-hydrogen) atoms. The molecule has 2 heterocycles. The Balaban J connectivity index is 1.43. The van der Waals surface area contributed by atoms with E-state index < -0.39 is 0 Å². The Bertz CT molecular complexity index is 2560. The quantitative estimate of drug-likeness (QED) is 0.156. The van der Waals surface area contributed by atoms with Gasteiger partial charge in [0.05, 0.1) is 22.2 Å². The van der Waals surface area contributed by atoms with Crippen LogP contribution in [0.1, 0.15) is 54.6 Å². The number of nitrogens with zero attached hydrogens (tertiary/aromatic N) is 2. The lowest BCUT2D eigenvalue weighted by Crippen LogP contribution is -1.99. The van der Waals surface area contributed by atoms with Gasteiger partial charge in [-0.05, 0) is 109 Å². The molecule has 8 rings (SSSR count). The molecule has 0 unspecified atom stereocenters. The minimum atomic E-state index is 1.09. The summed E-state index contributed by atoms with van der Waals surface area (Å²) in [6, 6.07) is 37.6. The second-order valence-electron chi connectivity index (χ2n) is 12.8. The van der Waals surface area contributed by atoms with E-state index in [1.807, 2.05) is 12.2 Å². The zero-order valence-corrected chi connectivity index (χ0v) is 28.7. The lowest BCUT2D eigenvalue weighted by Gasteiger charge is -2.16. The van der Waals surface area contributed by atoms with Gasteiger partial charge in [-0.15, -0.1) is 0 Å². The van der Waals surface area contributed by atoms with Crippen molar-refractivity contribution in [2.24, 2.45) is 0 Å². The minimum Gasteiger partial charge on any atom is -0.309 e. The fraction of sp³-hybridized carbons (Fsp3) is 0.0833. The number of benzene rings is 5. The number of hydrogen-bond donors (Lipinski definition) is 0. The van der Waals surface area contributed by atoms with Gasteiger partial charge < -0.3 is 9.13 Å². The van der Waals surface area contributed by atoms with Gasteiger partial charge in [-0.3, -0.25) is 0 Å². The smallest absolute Gasteiger partial charge is 0.0548 e. The molecule has 2 aromatic heterocycles. The molecule has 0 amide bonds. The second-order valence-corrected chi connectivity index (χ2v) is 12.8. The monoisotopic (exact) mass is 644 g/mol. The van der Waals surface area contributed by atoms with Gasteiger partial charge in [-0.1, -0.05) is 122 Å². The maximum atomic E-state index is 4.33. The summed E-state index contributed by atoms with van der Waals surface area (Å²) in [7, 11) is 0. The fourth-order valence-corrected chi connectivity index (χ4v) is 7.78. The molecule has 0 fully saturated rings. The third-order valence-corrected chi connectivity index (χ3v) is 9.92. The zero-order chi connectivity index (χ0) is 34.2. The average Bonchev–Trinajstić information content (AvgIpc) is 3.68. The van der Waals surface area contributed by atoms with Crippen molar-refractivity contribution in [3.05, 3.63) is 175 Å². The highest BCUT2D eigenvalue weighted by Gasteiger charge is 2.23. The van der Waals surface area contributed by atoms with Crippen LogP contribution in [-0.4, -0.2) is 9.13 Å². The van der Waals surface area contributed by atoms with E-state index >= 15 is 0 Å². The number of fused-ring (bicyclic) bond motifs is 5. The van der Waals surface area contributed by atoms with Crippen LogP contribution in [0.3, 0.4) is 0 Å². The van der Waals surface area contributed by atoms with Gasteiger partial charge in [0.25, 0.3) is 0 Å². The number of hydrogen-bond acceptors (Lipinski definition) is 0. The Kier molecular flexibility index (Phi) is 8.14. The number of allylic oxidation sites excluding steroid dienone is 6. The third kappa shape index (κ3) is 5.04. The van der Waals surface area contributed by atoms with Gasteiger partial charge in [0, 0.05) is 33.1 Å². The van der Waals surface area contributed by atoms with E-state index in [4.69, 9.17) is 0 Å². The van der Waals surface area contributed by atoms with Crippen molar-refractivity contribution in [1.29, 1.82) is 0 Å². The van der Waals surface area contributed by atoms with E-state index in [0.29, 0.717) is 0 Å². The van der Waals surface area contributed by atoms with E-state index in [1.165, 1.54) is 55.1 Å². The van der Waals surface area contributed by atoms with Gasteiger partial charge in [-0.25, -0.2) is 0 Å². The first-order valence-electron chi connectivity index (χ1n) is 17.5. The highest BCUT2D eigenvalue weighted by molar-refractivity contribution is 6.24. The van der Waals surface area contributed by atoms with Crippen molar-refractivity contribution < 1.29 is 0 Å². The molecule has 2 nitrogen and oxygen atoms in total. The van der Waals surface area contributed by atoms with E-state index in [-0.39, 0.29) is 0 Å². The Morgan fingerprint density at radius 2 is 1.32 bits per heavy atom. The summed E-state index contributed by atoms with van der Waals surface area (Å²) in [5.74, 6) is 0. The summed E-state index contributed by atoms with van der Waals surface area (Å²) in [6.45, 7) is 12.7. The first-order chi connectivity index (χ1) is 24.7. The van der Waals surface area contributed by atoms with E-state index in [0.717, 1.165) is 46.5 Å². The molecule has 0 saturated carbocycles. The van der Waals surface area contributed by atoms with Gasteiger partial charge in [-0.2, -0.15) is 0 Å². The Morgan fingerprint density at radius 1 is 0.600 bits per heavy atom. The first kappa shape index (κ1) is 31.2. The third-order valence-electron chi connectivity index (χ3n) is 9.92. The summed E-state index contributed by atoms with van der Waals surface area (Å²) < 4.78 is 4.79. The number of rotatable bonds is 8. The highest BCUT2D eigenvalue weighted by Crippen LogP contribution is 2.43. The molecular weight excluding hydrogens is 605 g/mol. The molecule has 0 atom stereocenters. The van der Waals surface area contributed by atoms with Crippen molar-refractivity contribution in [1.82, 2.24) is 9.13 Å². The average molecular weight is 645 g/mol. The largest absolute Gasteiger partial charge is 0.309 e. The van der Waals surface area contributed by atoms with Crippen LogP contribution in [0.15, 0.2) is 147 Å². The Labute approximate surface area is 294 Å². The lowest BCUT2D eigenvalue weighted by molar-refractivity contribution is 1.04. The van der Waals surface area contributed by atoms with E-state index in [9.17, 15) is 0 Å². The molecule has 0 aliphatic heterocycles. The topological polar surface area (TPSA) is 9.86 Å². The maximum absolute atomic E-state index is 4.33. The van der Waals surface area contributed by atoms with Crippen LogP contribution in [0.2, 0.25) is 0 Å². The van der Waals surface area contributed by atoms with Gasteiger partial charge in [0.1, 0.15) is 0 Å². The number of para-hydroxylation sites is 1. The molecule has 7 aromatic rings. The van der Waals surface area contributed by atoms with Crippen molar-refractivity contribution >= 4 is 62.6 Å². The van der Waals surface area contributed by atoms with Crippen molar-refractivity contribution in [3.8, 4) is 22.5 Å². The summed E-state index contributed by atoms with van der Waals surface area (Å²) in [4.78, 5) is 0. The highest BCUT2D eigenvalue weighted by atomic mass is 15.0. The molecular formula is C48H40N2. The van der Waals surface area contributed by atoms with Crippen LogP contribution in [0.5, 0.6) is 0 Å². The zero-order valence-electron chi connectivity index (χ0n) is 28.7. The minimum absolute atomic E-state index is 1.09. The second kappa shape index (κ2) is 13.1. The molecule has 0 saturated heterocycles. The normalized spacial score (nSPS) is 13.3. The maximum Gasteiger partial charge on any atom is 0.0548 e. The van der Waals surface area contributed by atoms with Crippen LogP contribution in [0.4, 0.5) is 0 Å². The first-order valence-corrected chi connectivity index (χ1v) is 17.5. The van der Waals surface area contributed by atoms with Gasteiger partial charge >= 0.3 is 0 Å². The summed E-state index contributed by atoms with van der Waals surface area (Å²) >= 11 is 0. The summed E-state index contributed by atoms with van der Waals surface area (Å²) in [6.07, 6.45) is 21.7. The molecule has 0 N–H and O–H groups in total. The van der Waals surface area contributed by atoms with Gasteiger partial charge in [0.2, 0.25) is 0 Å². The molecule has 0 spiro atoms. The summed E-state index contributed by atoms with van der Waals surface area (Å²) in [5, 5.41) is 3.68.